The average Bonchev–Trinajstić information content (AvgIpc) is 2.52. The first-order valence-electron chi connectivity index (χ1n) is 4.75. The maximum Gasteiger partial charge on any atom is 0.146 e. The van der Waals surface area contributed by atoms with Crippen LogP contribution in [0.4, 0.5) is 0 Å². The number of hydrogen-bond acceptors (Lipinski definition) is 3. The molecule has 0 aliphatic rings. The topological polar surface area (TPSA) is 42.7 Å². The van der Waals surface area contributed by atoms with E-state index in [2.05, 4.69) is 35.3 Å². The van der Waals surface area contributed by atoms with Crippen molar-refractivity contribution in [1.82, 2.24) is 20.1 Å². The van der Waals surface area contributed by atoms with Crippen LogP contribution in [-0.2, 0) is 13.1 Å². The zero-order valence-corrected chi connectivity index (χ0v) is 8.70. The molecule has 4 heteroatoms. The lowest BCUT2D eigenvalue weighted by atomic mass is 10.2. The lowest BCUT2D eigenvalue weighted by molar-refractivity contribution is 0.499. The molecule has 1 heterocycles. The molecule has 0 saturated heterocycles. The van der Waals surface area contributed by atoms with Crippen LogP contribution in [0, 0.1) is 18.3 Å². The van der Waals surface area contributed by atoms with Gasteiger partial charge in [-0.3, -0.25) is 5.32 Å². The quantitative estimate of drug-likeness (QED) is 0.550. The first-order chi connectivity index (χ1) is 6.74. The van der Waals surface area contributed by atoms with Crippen LogP contribution in [0.5, 0.6) is 0 Å². The molecule has 1 aromatic heterocycles. The van der Waals surface area contributed by atoms with Crippen LogP contribution in [0.3, 0.4) is 0 Å². The summed E-state index contributed by atoms with van der Waals surface area (Å²) in [6.07, 6.45) is 6.89. The predicted molar refractivity (Wildman–Crippen MR) is 55.4 cm³/mol. The molecule has 0 amide bonds. The molecule has 0 spiro atoms. The summed E-state index contributed by atoms with van der Waals surface area (Å²) in [5.41, 5.74) is 0. The molecule has 0 saturated carbocycles. The van der Waals surface area contributed by atoms with E-state index in [0.717, 1.165) is 12.4 Å². The zero-order chi connectivity index (χ0) is 10.4. The second-order valence-corrected chi connectivity index (χ2v) is 3.60. The van der Waals surface area contributed by atoms with Crippen molar-refractivity contribution in [2.45, 2.75) is 26.9 Å². The largest absolute Gasteiger partial charge is 0.316 e. The molecule has 0 atom stereocenters. The Balaban J connectivity index is 2.50. The van der Waals surface area contributed by atoms with Crippen LogP contribution in [0.25, 0.3) is 0 Å². The molecule has 1 rings (SSSR count). The molecule has 1 N–H and O–H groups in total. The summed E-state index contributed by atoms with van der Waals surface area (Å²) >= 11 is 0. The molecule has 0 bridgehead atoms. The van der Waals surface area contributed by atoms with Crippen molar-refractivity contribution < 1.29 is 0 Å². The van der Waals surface area contributed by atoms with Gasteiger partial charge in [-0.1, -0.05) is 19.8 Å². The molecule has 0 radical (unpaired) electrons. The average molecular weight is 192 g/mol. The highest BCUT2D eigenvalue weighted by atomic mass is 15.3. The van der Waals surface area contributed by atoms with Gasteiger partial charge in [0.15, 0.2) is 0 Å². The summed E-state index contributed by atoms with van der Waals surface area (Å²) in [6, 6.07) is 0. The molecule has 14 heavy (non-hydrogen) atoms. The van der Waals surface area contributed by atoms with Crippen LogP contribution in [-0.4, -0.2) is 21.3 Å². The van der Waals surface area contributed by atoms with Crippen molar-refractivity contribution in [3.8, 4) is 12.3 Å². The summed E-state index contributed by atoms with van der Waals surface area (Å²) in [4.78, 5) is 0. The van der Waals surface area contributed by atoms with Gasteiger partial charge >= 0.3 is 0 Å². The third-order valence-corrected chi connectivity index (χ3v) is 1.77. The van der Waals surface area contributed by atoms with E-state index in [4.69, 9.17) is 6.42 Å². The summed E-state index contributed by atoms with van der Waals surface area (Å²) < 4.78 is 2.05. The molecule has 0 aliphatic carbocycles. The summed E-state index contributed by atoms with van der Waals surface area (Å²) in [5.74, 6) is 4.06. The fraction of sp³-hybridized carbons (Fsp3) is 0.600. The summed E-state index contributed by atoms with van der Waals surface area (Å²) in [6.45, 7) is 6.52. The van der Waals surface area contributed by atoms with E-state index in [1.54, 1.807) is 6.33 Å². The Morgan fingerprint density at radius 1 is 1.64 bits per heavy atom. The van der Waals surface area contributed by atoms with Gasteiger partial charge in [0, 0.05) is 6.54 Å². The Labute approximate surface area is 84.7 Å². The van der Waals surface area contributed by atoms with E-state index >= 15 is 0 Å². The Bertz CT molecular complexity index is 308. The monoisotopic (exact) mass is 192 g/mol. The zero-order valence-electron chi connectivity index (χ0n) is 8.70. The number of nitrogens with one attached hydrogen (secondary N) is 1. The molecule has 0 aliphatic heterocycles. The molecular weight excluding hydrogens is 176 g/mol. The molecule has 0 fully saturated rings. The molecule has 4 nitrogen and oxygen atoms in total. The predicted octanol–water partition coefficient (Wildman–Crippen LogP) is 0.657. The number of rotatable bonds is 5. The highest BCUT2D eigenvalue weighted by molar-refractivity contribution is 4.90. The third kappa shape index (κ3) is 3.19. The van der Waals surface area contributed by atoms with Gasteiger partial charge in [-0.25, -0.2) is 0 Å². The maximum atomic E-state index is 5.13. The molecule has 0 aromatic carbocycles. The third-order valence-electron chi connectivity index (χ3n) is 1.77. The van der Waals surface area contributed by atoms with Crippen molar-refractivity contribution in [2.75, 3.05) is 6.54 Å². The van der Waals surface area contributed by atoms with Gasteiger partial charge in [0.1, 0.15) is 12.2 Å². The molecular formula is C10H16N4. The Kier molecular flexibility index (Phi) is 4.14. The Morgan fingerprint density at radius 2 is 2.43 bits per heavy atom. The first kappa shape index (κ1) is 10.7. The summed E-state index contributed by atoms with van der Waals surface area (Å²) in [7, 11) is 0. The molecule has 76 valence electrons. The van der Waals surface area contributed by atoms with Gasteiger partial charge in [-0.15, -0.1) is 16.6 Å². The van der Waals surface area contributed by atoms with Gasteiger partial charge < -0.3 is 4.57 Å². The van der Waals surface area contributed by atoms with Gasteiger partial charge in [-0.2, -0.15) is 0 Å². The standard InChI is InChI=1S/C10H16N4/c1-4-5-11-6-10-13-12-8-14(10)7-9(2)3/h1,8-9,11H,5-7H2,2-3H3. The van der Waals surface area contributed by atoms with Crippen molar-refractivity contribution >= 4 is 0 Å². The van der Waals surface area contributed by atoms with E-state index in [9.17, 15) is 0 Å². The fourth-order valence-electron chi connectivity index (χ4n) is 1.21. The van der Waals surface area contributed by atoms with Gasteiger partial charge in [0.05, 0.1) is 13.1 Å². The lowest BCUT2D eigenvalue weighted by Gasteiger charge is -2.08. The normalized spacial score (nSPS) is 10.4. The Hall–Kier alpha value is -1.34. The number of aromatic nitrogens is 3. The van der Waals surface area contributed by atoms with Crippen LogP contribution in [0.15, 0.2) is 6.33 Å². The second kappa shape index (κ2) is 5.40. The van der Waals surface area contributed by atoms with Gasteiger partial charge in [-0.05, 0) is 5.92 Å². The van der Waals surface area contributed by atoms with Crippen molar-refractivity contribution in [2.24, 2.45) is 5.92 Å². The van der Waals surface area contributed by atoms with E-state index in [0.29, 0.717) is 19.0 Å². The first-order valence-corrected chi connectivity index (χ1v) is 4.75. The number of hydrogen-bond donors (Lipinski definition) is 1. The van der Waals surface area contributed by atoms with Crippen molar-refractivity contribution in [3.63, 3.8) is 0 Å². The van der Waals surface area contributed by atoms with Gasteiger partial charge in [0.2, 0.25) is 0 Å². The fourth-order valence-corrected chi connectivity index (χ4v) is 1.21. The maximum absolute atomic E-state index is 5.13. The number of terminal acetylenes is 1. The summed E-state index contributed by atoms with van der Waals surface area (Å²) in [5, 5.41) is 11.0. The lowest BCUT2D eigenvalue weighted by Crippen LogP contribution is -2.18. The highest BCUT2D eigenvalue weighted by Gasteiger charge is 2.04. The molecule has 1 aromatic rings. The van der Waals surface area contributed by atoms with Crippen LogP contribution >= 0.6 is 0 Å². The van der Waals surface area contributed by atoms with Crippen LogP contribution < -0.4 is 5.32 Å². The smallest absolute Gasteiger partial charge is 0.146 e. The molecule has 0 unspecified atom stereocenters. The van der Waals surface area contributed by atoms with E-state index < -0.39 is 0 Å². The minimum absolute atomic E-state index is 0.564. The second-order valence-electron chi connectivity index (χ2n) is 3.60. The number of nitrogens with zero attached hydrogens (tertiary/aromatic N) is 3. The highest BCUT2D eigenvalue weighted by Crippen LogP contribution is 2.01. The minimum Gasteiger partial charge on any atom is -0.316 e. The van der Waals surface area contributed by atoms with Crippen molar-refractivity contribution in [3.05, 3.63) is 12.2 Å². The van der Waals surface area contributed by atoms with Crippen LogP contribution in [0.2, 0.25) is 0 Å². The van der Waals surface area contributed by atoms with Crippen LogP contribution in [0.1, 0.15) is 19.7 Å². The van der Waals surface area contributed by atoms with Crippen molar-refractivity contribution in [1.29, 1.82) is 0 Å². The van der Waals surface area contributed by atoms with E-state index in [1.165, 1.54) is 0 Å². The van der Waals surface area contributed by atoms with Gasteiger partial charge in [0.25, 0.3) is 0 Å². The minimum atomic E-state index is 0.564. The SMILES string of the molecule is C#CCNCc1nncn1CC(C)C. The Morgan fingerprint density at radius 3 is 3.07 bits per heavy atom. The van der Waals surface area contributed by atoms with E-state index in [1.807, 2.05) is 4.57 Å². The van der Waals surface area contributed by atoms with E-state index in [-0.39, 0.29) is 0 Å².